The highest BCUT2D eigenvalue weighted by atomic mass is 31.1. The van der Waals surface area contributed by atoms with Crippen molar-refractivity contribution in [2.45, 2.75) is 0 Å². The molecule has 0 amide bonds. The van der Waals surface area contributed by atoms with Crippen LogP contribution in [-0.4, -0.2) is 12.0 Å². The average Bonchev–Trinajstić information content (AvgIpc) is 1.38. The summed E-state index contributed by atoms with van der Waals surface area (Å²) in [6.07, 6.45) is 0. The Morgan fingerprint density at radius 3 is 2.00 bits per heavy atom. The average molecular weight is 130 g/mol. The lowest BCUT2D eigenvalue weighted by molar-refractivity contribution is 0.343. The van der Waals surface area contributed by atoms with Crippen LogP contribution in [0.25, 0.3) is 0 Å². The van der Waals surface area contributed by atoms with Crippen molar-refractivity contribution in [3.8, 4) is 0 Å². The highest BCUT2D eigenvalue weighted by molar-refractivity contribution is 7.32. The highest BCUT2D eigenvalue weighted by Gasteiger charge is 1.74. The van der Waals surface area contributed by atoms with Crippen molar-refractivity contribution < 1.29 is 14.0 Å². The second-order valence-corrected chi connectivity index (χ2v) is 1.41. The SMILES string of the molecule is CO[PH](=O)O.P. The summed E-state index contributed by atoms with van der Waals surface area (Å²) in [7, 11) is -1.44. The third-order valence-electron chi connectivity index (χ3n) is 0.175. The zero-order chi connectivity index (χ0) is 4.28. The van der Waals surface area contributed by atoms with Crippen molar-refractivity contribution >= 4 is 18.2 Å². The Hall–Kier alpha value is 0.580. The summed E-state index contributed by atoms with van der Waals surface area (Å²) in [5.41, 5.74) is 0. The van der Waals surface area contributed by atoms with Crippen LogP contribution in [0.2, 0.25) is 0 Å². The molecule has 3 nitrogen and oxygen atoms in total. The number of hydrogen-bond donors (Lipinski definition) is 1. The molecule has 6 heavy (non-hydrogen) atoms. The summed E-state index contributed by atoms with van der Waals surface area (Å²) in [5, 5.41) is 0. The van der Waals surface area contributed by atoms with Gasteiger partial charge in [-0.1, -0.05) is 0 Å². The van der Waals surface area contributed by atoms with Gasteiger partial charge in [-0.25, -0.2) is 0 Å². The Morgan fingerprint density at radius 2 is 2.00 bits per heavy atom. The molecule has 0 bridgehead atoms. The van der Waals surface area contributed by atoms with Crippen molar-refractivity contribution in [2.75, 3.05) is 7.11 Å². The fraction of sp³-hybridized carbons (Fsp3) is 1.00. The summed E-state index contributed by atoms with van der Waals surface area (Å²) in [6.45, 7) is 0. The Kier molecular flexibility index (Phi) is 9.08. The Labute approximate surface area is 40.3 Å². The minimum absolute atomic E-state index is 0. The molecule has 0 aliphatic carbocycles. The molecule has 0 saturated heterocycles. The van der Waals surface area contributed by atoms with Crippen molar-refractivity contribution in [3.63, 3.8) is 0 Å². The molecule has 2 unspecified atom stereocenters. The first kappa shape index (κ1) is 9.77. The molecule has 0 aromatic heterocycles. The third-order valence-corrected chi connectivity index (χ3v) is 0.524. The van der Waals surface area contributed by atoms with Crippen LogP contribution in [0.4, 0.5) is 0 Å². The van der Waals surface area contributed by atoms with Crippen molar-refractivity contribution in [1.29, 1.82) is 0 Å². The van der Waals surface area contributed by atoms with Crippen LogP contribution in [0.15, 0.2) is 0 Å². The Bertz CT molecular complexity index is 44.1. The maximum Gasteiger partial charge on any atom is 0.316 e. The van der Waals surface area contributed by atoms with Crippen LogP contribution in [-0.2, 0) is 9.09 Å². The first-order valence-corrected chi connectivity index (χ1v) is 2.30. The van der Waals surface area contributed by atoms with E-state index in [1.807, 2.05) is 0 Å². The molecule has 0 rings (SSSR count). The summed E-state index contributed by atoms with van der Waals surface area (Å²) in [5.74, 6) is 0. The summed E-state index contributed by atoms with van der Waals surface area (Å²) < 4.78 is 13.2. The minimum Gasteiger partial charge on any atom is -0.326 e. The zero-order valence-electron chi connectivity index (χ0n) is 3.47. The van der Waals surface area contributed by atoms with E-state index in [0.29, 0.717) is 0 Å². The monoisotopic (exact) mass is 130 g/mol. The van der Waals surface area contributed by atoms with E-state index in [1.165, 1.54) is 7.11 Å². The molecule has 0 spiro atoms. The second-order valence-electron chi connectivity index (χ2n) is 0.470. The van der Waals surface area contributed by atoms with Gasteiger partial charge in [0.25, 0.3) is 0 Å². The van der Waals surface area contributed by atoms with E-state index >= 15 is 0 Å². The Morgan fingerprint density at radius 1 is 1.83 bits per heavy atom. The van der Waals surface area contributed by atoms with Crippen molar-refractivity contribution in [1.82, 2.24) is 0 Å². The van der Waals surface area contributed by atoms with Crippen molar-refractivity contribution in [3.05, 3.63) is 0 Å². The summed E-state index contributed by atoms with van der Waals surface area (Å²) >= 11 is 0. The van der Waals surface area contributed by atoms with E-state index in [1.54, 1.807) is 0 Å². The predicted molar refractivity (Wildman–Crippen MR) is 29.3 cm³/mol. The molecule has 0 aromatic carbocycles. The van der Waals surface area contributed by atoms with E-state index in [2.05, 4.69) is 4.52 Å². The molecule has 1 N–H and O–H groups in total. The quantitative estimate of drug-likeness (QED) is 0.511. The minimum atomic E-state index is -2.62. The van der Waals surface area contributed by atoms with Crippen LogP contribution >= 0.6 is 18.2 Å². The van der Waals surface area contributed by atoms with Crippen LogP contribution in [0, 0.1) is 0 Å². The molecule has 40 valence electrons. The Balaban J connectivity index is 0. The molecular formula is CH8O3P2. The molecule has 0 heterocycles. The maximum atomic E-state index is 9.33. The first-order valence-electron chi connectivity index (χ1n) is 1.04. The summed E-state index contributed by atoms with van der Waals surface area (Å²) in [4.78, 5) is 7.69. The van der Waals surface area contributed by atoms with Gasteiger partial charge in [0.2, 0.25) is 0 Å². The second kappa shape index (κ2) is 5.58. The van der Waals surface area contributed by atoms with Gasteiger partial charge in [0, 0.05) is 7.11 Å². The van der Waals surface area contributed by atoms with Crippen molar-refractivity contribution in [2.24, 2.45) is 0 Å². The topological polar surface area (TPSA) is 46.5 Å². The van der Waals surface area contributed by atoms with Gasteiger partial charge in [-0.3, -0.25) is 4.57 Å². The molecule has 0 aliphatic heterocycles. The third kappa shape index (κ3) is 8.82. The van der Waals surface area contributed by atoms with Gasteiger partial charge in [0.1, 0.15) is 0 Å². The summed E-state index contributed by atoms with van der Waals surface area (Å²) in [6, 6.07) is 0. The van der Waals surface area contributed by atoms with Gasteiger partial charge in [0.15, 0.2) is 0 Å². The molecular weight excluding hydrogens is 122 g/mol. The lowest BCUT2D eigenvalue weighted by atomic mass is 11.8. The maximum absolute atomic E-state index is 9.33. The molecule has 5 heteroatoms. The van der Waals surface area contributed by atoms with Crippen LogP contribution in [0.5, 0.6) is 0 Å². The van der Waals surface area contributed by atoms with Gasteiger partial charge in [-0.15, -0.1) is 0 Å². The number of hydrogen-bond acceptors (Lipinski definition) is 2. The standard InChI is InChI=1S/CH5O3P.H3P/c1-4-5(2)3;/h5H,1H3,(H,2,3);1H3. The van der Waals surface area contributed by atoms with E-state index in [0.717, 1.165) is 0 Å². The molecule has 0 fully saturated rings. The molecule has 2 atom stereocenters. The zero-order valence-corrected chi connectivity index (χ0v) is 5.89. The lowest BCUT2D eigenvalue weighted by Crippen LogP contribution is -1.57. The van der Waals surface area contributed by atoms with Crippen LogP contribution in [0.3, 0.4) is 0 Å². The van der Waals surface area contributed by atoms with Crippen LogP contribution < -0.4 is 0 Å². The first-order chi connectivity index (χ1) is 2.27. The molecule has 0 aromatic rings. The fourth-order valence-electron chi connectivity index (χ4n) is 0. The van der Waals surface area contributed by atoms with E-state index in [4.69, 9.17) is 4.89 Å². The van der Waals surface area contributed by atoms with E-state index in [-0.39, 0.29) is 9.90 Å². The smallest absolute Gasteiger partial charge is 0.316 e. The normalized spacial score (nSPS) is 12.3. The lowest BCUT2D eigenvalue weighted by Gasteiger charge is -1.78. The van der Waals surface area contributed by atoms with Gasteiger partial charge < -0.3 is 9.42 Å². The fourth-order valence-corrected chi connectivity index (χ4v) is 0. The highest BCUT2D eigenvalue weighted by Crippen LogP contribution is 2.09. The van der Waals surface area contributed by atoms with Gasteiger partial charge in [-0.2, -0.15) is 9.90 Å². The molecule has 0 aliphatic rings. The van der Waals surface area contributed by atoms with Gasteiger partial charge in [-0.05, 0) is 0 Å². The molecule has 0 radical (unpaired) electrons. The van der Waals surface area contributed by atoms with E-state index < -0.39 is 8.25 Å². The van der Waals surface area contributed by atoms with E-state index in [9.17, 15) is 4.57 Å². The predicted octanol–water partition coefficient (Wildman–Crippen LogP) is 0.0729. The van der Waals surface area contributed by atoms with Gasteiger partial charge in [0.05, 0.1) is 0 Å². The van der Waals surface area contributed by atoms with Gasteiger partial charge >= 0.3 is 8.25 Å². The largest absolute Gasteiger partial charge is 0.326 e. The molecule has 0 saturated carbocycles. The number of rotatable bonds is 1. The van der Waals surface area contributed by atoms with Crippen LogP contribution in [0.1, 0.15) is 0 Å².